The molecule has 1 rings (SSSR count). The zero-order valence-corrected chi connectivity index (χ0v) is 12.8. The molecule has 1 atom stereocenters. The summed E-state index contributed by atoms with van der Waals surface area (Å²) in [4.78, 5) is 25.0. The zero-order chi connectivity index (χ0) is 15.8. The van der Waals surface area contributed by atoms with E-state index < -0.39 is 11.9 Å². The minimum Gasteiger partial charge on any atom is -0.481 e. The molecular weight excluding hydrogens is 274 g/mol. The number of carbonyl (C=O) groups is 2. The summed E-state index contributed by atoms with van der Waals surface area (Å²) in [5, 5.41) is 9.02. The molecule has 6 nitrogen and oxygen atoms in total. The van der Waals surface area contributed by atoms with Crippen molar-refractivity contribution in [1.82, 2.24) is 4.90 Å². The van der Waals surface area contributed by atoms with Crippen molar-refractivity contribution >= 4 is 11.9 Å². The Hall–Kier alpha value is -1.82. The Balaban J connectivity index is 2.73. The van der Waals surface area contributed by atoms with Gasteiger partial charge in [-0.2, -0.15) is 0 Å². The number of ether oxygens (including phenoxy) is 1. The zero-order valence-electron chi connectivity index (χ0n) is 12.8. The van der Waals surface area contributed by atoms with E-state index in [2.05, 4.69) is 0 Å². The normalized spacial score (nSPS) is 12.1. The summed E-state index contributed by atoms with van der Waals surface area (Å²) >= 11 is 0. The van der Waals surface area contributed by atoms with Crippen LogP contribution in [0.4, 0.5) is 0 Å². The molecule has 21 heavy (non-hydrogen) atoms. The van der Waals surface area contributed by atoms with Crippen molar-refractivity contribution in [3.63, 3.8) is 0 Å². The second-order valence-electron chi connectivity index (χ2n) is 4.97. The largest absolute Gasteiger partial charge is 0.481 e. The van der Waals surface area contributed by atoms with E-state index in [1.165, 1.54) is 11.2 Å². The molecule has 1 aromatic heterocycles. The van der Waals surface area contributed by atoms with Gasteiger partial charge in [0.25, 0.3) is 5.91 Å². The van der Waals surface area contributed by atoms with Gasteiger partial charge < -0.3 is 19.2 Å². The maximum Gasteiger partial charge on any atom is 0.308 e. The summed E-state index contributed by atoms with van der Waals surface area (Å²) in [6.45, 7) is 7.03. The van der Waals surface area contributed by atoms with Crippen LogP contribution in [0.15, 0.2) is 16.7 Å². The van der Waals surface area contributed by atoms with Gasteiger partial charge in [-0.25, -0.2) is 0 Å². The van der Waals surface area contributed by atoms with Gasteiger partial charge in [-0.05, 0) is 26.3 Å². The number of carbonyl (C=O) groups excluding carboxylic acids is 1. The molecule has 118 valence electrons. The van der Waals surface area contributed by atoms with Gasteiger partial charge in [0.15, 0.2) is 5.76 Å². The van der Waals surface area contributed by atoms with E-state index in [-0.39, 0.29) is 18.2 Å². The second kappa shape index (κ2) is 8.46. The van der Waals surface area contributed by atoms with E-state index in [1.54, 1.807) is 19.9 Å². The molecule has 0 bridgehead atoms. The van der Waals surface area contributed by atoms with Crippen molar-refractivity contribution in [3.05, 3.63) is 23.7 Å². The van der Waals surface area contributed by atoms with Crippen LogP contribution in [-0.4, -0.2) is 48.2 Å². The number of nitrogens with zero attached hydrogens (tertiary/aromatic N) is 1. The van der Waals surface area contributed by atoms with Gasteiger partial charge in [-0.3, -0.25) is 9.59 Å². The quantitative estimate of drug-likeness (QED) is 0.707. The topological polar surface area (TPSA) is 80.0 Å². The van der Waals surface area contributed by atoms with Gasteiger partial charge in [0.05, 0.1) is 12.2 Å². The summed E-state index contributed by atoms with van der Waals surface area (Å²) in [6, 6.07) is 1.71. The van der Waals surface area contributed by atoms with Gasteiger partial charge in [-0.15, -0.1) is 0 Å². The molecule has 0 saturated heterocycles. The van der Waals surface area contributed by atoms with Crippen LogP contribution < -0.4 is 0 Å². The van der Waals surface area contributed by atoms with E-state index >= 15 is 0 Å². The van der Waals surface area contributed by atoms with Crippen molar-refractivity contribution in [2.75, 3.05) is 26.3 Å². The van der Waals surface area contributed by atoms with Crippen molar-refractivity contribution < 1.29 is 23.8 Å². The summed E-state index contributed by atoms with van der Waals surface area (Å²) in [5.74, 6) is -1.56. The van der Waals surface area contributed by atoms with Crippen molar-refractivity contribution in [2.45, 2.75) is 27.2 Å². The van der Waals surface area contributed by atoms with Crippen LogP contribution in [0.3, 0.4) is 0 Å². The Morgan fingerprint density at radius 3 is 2.71 bits per heavy atom. The van der Waals surface area contributed by atoms with Crippen LogP contribution in [0, 0.1) is 12.8 Å². The van der Waals surface area contributed by atoms with Crippen molar-refractivity contribution in [1.29, 1.82) is 0 Å². The third-order valence-corrected chi connectivity index (χ3v) is 3.18. The summed E-state index contributed by atoms with van der Waals surface area (Å²) in [5.41, 5.74) is 0.748. The average molecular weight is 297 g/mol. The molecular formula is C15H23NO5. The number of aryl methyl sites for hydroxylation is 1. The summed E-state index contributed by atoms with van der Waals surface area (Å²) in [7, 11) is 0. The van der Waals surface area contributed by atoms with Crippen LogP contribution in [0.1, 0.15) is 36.4 Å². The first kappa shape index (κ1) is 17.2. The van der Waals surface area contributed by atoms with Crippen LogP contribution in [0.5, 0.6) is 0 Å². The molecule has 0 spiro atoms. The molecule has 6 heteroatoms. The SMILES string of the molecule is CCOCCCN(CC(C)C(=O)O)C(=O)c1occc1C. The van der Waals surface area contributed by atoms with Crippen LogP contribution >= 0.6 is 0 Å². The maximum atomic E-state index is 12.4. The molecule has 0 aliphatic heterocycles. The highest BCUT2D eigenvalue weighted by Crippen LogP contribution is 2.14. The van der Waals surface area contributed by atoms with Gasteiger partial charge in [0.2, 0.25) is 0 Å². The molecule has 1 heterocycles. The smallest absolute Gasteiger partial charge is 0.308 e. The van der Waals surface area contributed by atoms with E-state index in [0.29, 0.717) is 26.2 Å². The molecule has 0 saturated carbocycles. The molecule has 0 radical (unpaired) electrons. The molecule has 1 amide bonds. The highest BCUT2D eigenvalue weighted by atomic mass is 16.5. The average Bonchev–Trinajstić information content (AvgIpc) is 2.87. The molecule has 1 N–H and O–H groups in total. The van der Waals surface area contributed by atoms with Gasteiger partial charge in [0, 0.05) is 31.9 Å². The lowest BCUT2D eigenvalue weighted by molar-refractivity contribution is -0.141. The molecule has 0 fully saturated rings. The second-order valence-corrected chi connectivity index (χ2v) is 4.97. The van der Waals surface area contributed by atoms with E-state index in [1.807, 2.05) is 6.92 Å². The van der Waals surface area contributed by atoms with E-state index in [9.17, 15) is 9.59 Å². The summed E-state index contributed by atoms with van der Waals surface area (Å²) < 4.78 is 10.5. The lowest BCUT2D eigenvalue weighted by atomic mass is 10.1. The first-order chi connectivity index (χ1) is 9.97. The first-order valence-electron chi connectivity index (χ1n) is 7.11. The highest BCUT2D eigenvalue weighted by Gasteiger charge is 2.24. The fourth-order valence-corrected chi connectivity index (χ4v) is 1.92. The van der Waals surface area contributed by atoms with Gasteiger partial charge in [-0.1, -0.05) is 6.92 Å². The number of hydrogen-bond acceptors (Lipinski definition) is 4. The Kier molecular flexibility index (Phi) is 6.94. The monoisotopic (exact) mass is 297 g/mol. The standard InChI is InChI=1S/C15H23NO5/c1-4-20-8-5-7-16(10-12(3)15(18)19)14(17)13-11(2)6-9-21-13/h6,9,12H,4-5,7-8,10H2,1-3H3,(H,18,19). The number of rotatable bonds is 9. The third kappa shape index (κ3) is 5.23. The van der Waals surface area contributed by atoms with Crippen molar-refractivity contribution in [3.8, 4) is 0 Å². The number of carboxylic acid groups (broad SMARTS) is 1. The van der Waals surface area contributed by atoms with E-state index in [4.69, 9.17) is 14.3 Å². The van der Waals surface area contributed by atoms with Crippen LogP contribution in [0.25, 0.3) is 0 Å². The minimum absolute atomic E-state index is 0.153. The fourth-order valence-electron chi connectivity index (χ4n) is 1.92. The molecule has 0 aromatic carbocycles. The molecule has 0 aliphatic rings. The van der Waals surface area contributed by atoms with Gasteiger partial charge in [0.1, 0.15) is 0 Å². The third-order valence-electron chi connectivity index (χ3n) is 3.18. The Morgan fingerprint density at radius 1 is 1.48 bits per heavy atom. The number of aliphatic carboxylic acids is 1. The predicted octanol–water partition coefficient (Wildman–Crippen LogP) is 2.18. The summed E-state index contributed by atoms with van der Waals surface area (Å²) in [6.07, 6.45) is 2.12. The molecule has 1 aromatic rings. The lowest BCUT2D eigenvalue weighted by Gasteiger charge is -2.24. The number of hydrogen-bond donors (Lipinski definition) is 1. The van der Waals surface area contributed by atoms with Crippen LogP contribution in [-0.2, 0) is 9.53 Å². The van der Waals surface area contributed by atoms with Crippen LogP contribution in [0.2, 0.25) is 0 Å². The molecule has 0 aliphatic carbocycles. The molecule has 1 unspecified atom stereocenters. The lowest BCUT2D eigenvalue weighted by Crippen LogP contribution is -2.38. The maximum absolute atomic E-state index is 12.4. The minimum atomic E-state index is -0.922. The Bertz CT molecular complexity index is 468. The number of amides is 1. The Morgan fingerprint density at radius 2 is 2.19 bits per heavy atom. The fraction of sp³-hybridized carbons (Fsp3) is 0.600. The van der Waals surface area contributed by atoms with E-state index in [0.717, 1.165) is 5.56 Å². The Labute approximate surface area is 124 Å². The number of carboxylic acids is 1. The highest BCUT2D eigenvalue weighted by molar-refractivity contribution is 5.93. The first-order valence-corrected chi connectivity index (χ1v) is 7.11. The van der Waals surface area contributed by atoms with Gasteiger partial charge >= 0.3 is 5.97 Å². The van der Waals surface area contributed by atoms with Crippen molar-refractivity contribution in [2.24, 2.45) is 5.92 Å². The predicted molar refractivity (Wildman–Crippen MR) is 77.3 cm³/mol. The number of furan rings is 1.